The lowest BCUT2D eigenvalue weighted by molar-refractivity contribution is -0.120. The van der Waals surface area contributed by atoms with E-state index in [-0.39, 0.29) is 18.1 Å². The van der Waals surface area contributed by atoms with Crippen LogP contribution in [0, 0.1) is 0 Å². The lowest BCUT2D eigenvalue weighted by atomic mass is 10.1. The number of hydrogen-bond acceptors (Lipinski definition) is 3. The van der Waals surface area contributed by atoms with Crippen LogP contribution in [0.3, 0.4) is 0 Å². The third-order valence-electron chi connectivity index (χ3n) is 3.63. The second-order valence-corrected chi connectivity index (χ2v) is 5.50. The molecule has 5 nitrogen and oxygen atoms in total. The molecule has 0 aliphatic heterocycles. The van der Waals surface area contributed by atoms with Crippen molar-refractivity contribution >= 4 is 11.6 Å². The largest absolute Gasteiger partial charge is 0.435 e. The number of carbonyl (C=O) groups is 1. The summed E-state index contributed by atoms with van der Waals surface area (Å²) in [5, 5.41) is 2.83. The number of nitrogens with one attached hydrogen (secondary N) is 1. The predicted octanol–water partition coefficient (Wildman–Crippen LogP) is 2.84. The van der Waals surface area contributed by atoms with Gasteiger partial charge >= 0.3 is 6.61 Å². The Labute approximate surface area is 143 Å². The van der Waals surface area contributed by atoms with Gasteiger partial charge in [-0.15, -0.1) is 0 Å². The molecule has 3 rings (SSSR count). The fourth-order valence-corrected chi connectivity index (χ4v) is 2.47. The molecule has 0 saturated heterocycles. The number of rotatable bonds is 7. The van der Waals surface area contributed by atoms with Crippen LogP contribution in [0.15, 0.2) is 54.9 Å². The Kier molecular flexibility index (Phi) is 5.23. The van der Waals surface area contributed by atoms with Crippen molar-refractivity contribution in [2.45, 2.75) is 19.5 Å². The summed E-state index contributed by atoms with van der Waals surface area (Å²) in [5.74, 6) is -0.0581. The molecule has 0 fully saturated rings. The number of imidazole rings is 1. The molecule has 130 valence electrons. The Bertz CT molecular complexity index is 814. The van der Waals surface area contributed by atoms with Crippen LogP contribution in [-0.4, -0.2) is 28.4 Å². The minimum Gasteiger partial charge on any atom is -0.435 e. The highest BCUT2D eigenvalue weighted by Gasteiger charge is 2.07. The van der Waals surface area contributed by atoms with Crippen LogP contribution >= 0.6 is 0 Å². The van der Waals surface area contributed by atoms with Crippen LogP contribution in [0.4, 0.5) is 8.78 Å². The van der Waals surface area contributed by atoms with Crippen molar-refractivity contribution in [2.24, 2.45) is 0 Å². The van der Waals surface area contributed by atoms with Crippen molar-refractivity contribution in [2.75, 3.05) is 6.54 Å². The second kappa shape index (κ2) is 7.74. The molecule has 0 spiro atoms. The van der Waals surface area contributed by atoms with E-state index < -0.39 is 6.61 Å². The van der Waals surface area contributed by atoms with Gasteiger partial charge in [0.15, 0.2) is 0 Å². The monoisotopic (exact) mass is 345 g/mol. The van der Waals surface area contributed by atoms with Gasteiger partial charge in [0.25, 0.3) is 0 Å². The third-order valence-corrected chi connectivity index (χ3v) is 3.63. The summed E-state index contributed by atoms with van der Waals surface area (Å²) in [5.41, 5.74) is 2.50. The Balaban J connectivity index is 1.46. The van der Waals surface area contributed by atoms with Crippen molar-refractivity contribution < 1.29 is 18.3 Å². The van der Waals surface area contributed by atoms with E-state index in [2.05, 4.69) is 15.0 Å². The predicted molar refractivity (Wildman–Crippen MR) is 88.7 cm³/mol. The fourth-order valence-electron chi connectivity index (χ4n) is 2.47. The van der Waals surface area contributed by atoms with E-state index in [1.165, 1.54) is 12.1 Å². The quantitative estimate of drug-likeness (QED) is 0.716. The maximum absolute atomic E-state index is 12.1. The molecule has 0 radical (unpaired) electrons. The fraction of sp³-hybridized carbons (Fsp3) is 0.222. The van der Waals surface area contributed by atoms with Crippen molar-refractivity contribution in [3.8, 4) is 5.75 Å². The first-order chi connectivity index (χ1) is 12.1. The Morgan fingerprint density at radius 1 is 1.20 bits per heavy atom. The maximum atomic E-state index is 12.1. The van der Waals surface area contributed by atoms with E-state index in [0.717, 1.165) is 16.9 Å². The first kappa shape index (κ1) is 16.9. The SMILES string of the molecule is O=C(Cc1ccc(OC(F)F)cc1)NCCc1cn2ccccc2n1. The lowest BCUT2D eigenvalue weighted by Crippen LogP contribution is -2.27. The summed E-state index contributed by atoms with van der Waals surface area (Å²) in [6.07, 6.45) is 4.67. The van der Waals surface area contributed by atoms with Crippen molar-refractivity contribution in [3.63, 3.8) is 0 Å². The van der Waals surface area contributed by atoms with Gasteiger partial charge in [0.2, 0.25) is 5.91 Å². The zero-order valence-electron chi connectivity index (χ0n) is 13.4. The highest BCUT2D eigenvalue weighted by Crippen LogP contribution is 2.15. The minimum absolute atomic E-state index is 0.0750. The zero-order chi connectivity index (χ0) is 17.6. The normalized spacial score (nSPS) is 11.0. The van der Waals surface area contributed by atoms with Gasteiger partial charge in [-0.3, -0.25) is 4.79 Å². The van der Waals surface area contributed by atoms with Crippen molar-refractivity contribution in [1.82, 2.24) is 14.7 Å². The highest BCUT2D eigenvalue weighted by atomic mass is 19.3. The van der Waals surface area contributed by atoms with E-state index in [0.29, 0.717) is 13.0 Å². The van der Waals surface area contributed by atoms with E-state index in [9.17, 15) is 13.6 Å². The number of hydrogen-bond donors (Lipinski definition) is 1. The number of aromatic nitrogens is 2. The van der Waals surface area contributed by atoms with Gasteiger partial charge < -0.3 is 14.5 Å². The maximum Gasteiger partial charge on any atom is 0.387 e. The molecule has 1 N–H and O–H groups in total. The highest BCUT2D eigenvalue weighted by molar-refractivity contribution is 5.78. The molecule has 0 aliphatic carbocycles. The van der Waals surface area contributed by atoms with E-state index in [1.54, 1.807) is 12.1 Å². The summed E-state index contributed by atoms with van der Waals surface area (Å²) in [6, 6.07) is 11.8. The van der Waals surface area contributed by atoms with Crippen LogP contribution in [0.2, 0.25) is 0 Å². The van der Waals surface area contributed by atoms with Crippen LogP contribution in [0.25, 0.3) is 5.65 Å². The summed E-state index contributed by atoms with van der Waals surface area (Å²) >= 11 is 0. The molecular weight excluding hydrogens is 328 g/mol. The molecule has 0 atom stereocenters. The van der Waals surface area contributed by atoms with Gasteiger partial charge in [0.1, 0.15) is 11.4 Å². The molecule has 7 heteroatoms. The first-order valence-electron chi connectivity index (χ1n) is 7.83. The summed E-state index contributed by atoms with van der Waals surface area (Å²) < 4.78 is 30.4. The van der Waals surface area contributed by atoms with E-state index in [4.69, 9.17) is 0 Å². The van der Waals surface area contributed by atoms with Gasteiger partial charge in [-0.1, -0.05) is 18.2 Å². The molecule has 0 unspecified atom stereocenters. The smallest absolute Gasteiger partial charge is 0.387 e. The summed E-state index contributed by atoms with van der Waals surface area (Å²) in [4.78, 5) is 16.4. The number of pyridine rings is 1. The van der Waals surface area contributed by atoms with Crippen molar-refractivity contribution in [1.29, 1.82) is 0 Å². The summed E-state index contributed by atoms with van der Waals surface area (Å²) in [6.45, 7) is -2.37. The van der Waals surface area contributed by atoms with Gasteiger partial charge in [-0.05, 0) is 29.8 Å². The van der Waals surface area contributed by atoms with Crippen LogP contribution < -0.4 is 10.1 Å². The molecule has 1 amide bonds. The van der Waals surface area contributed by atoms with Gasteiger partial charge in [-0.2, -0.15) is 8.78 Å². The zero-order valence-corrected chi connectivity index (χ0v) is 13.4. The third kappa shape index (κ3) is 4.76. The standard InChI is InChI=1S/C18H17F2N3O2/c19-18(20)25-15-6-4-13(5-7-15)11-17(24)21-9-8-14-12-23-10-2-1-3-16(23)22-14/h1-7,10,12,18H,8-9,11H2,(H,21,24). The Hall–Kier alpha value is -2.96. The number of fused-ring (bicyclic) bond motifs is 1. The average molecular weight is 345 g/mol. The summed E-state index contributed by atoms with van der Waals surface area (Å²) in [7, 11) is 0. The molecule has 0 bridgehead atoms. The topological polar surface area (TPSA) is 55.6 Å². The van der Waals surface area contributed by atoms with Crippen molar-refractivity contribution in [3.05, 3.63) is 66.1 Å². The molecule has 1 aromatic carbocycles. The van der Waals surface area contributed by atoms with Crippen LogP contribution in [0.1, 0.15) is 11.3 Å². The molecular formula is C18H17F2N3O2. The Morgan fingerprint density at radius 2 is 2.00 bits per heavy atom. The molecule has 0 saturated carbocycles. The lowest BCUT2D eigenvalue weighted by Gasteiger charge is -2.06. The minimum atomic E-state index is -2.85. The number of alkyl halides is 2. The Morgan fingerprint density at radius 3 is 2.72 bits per heavy atom. The molecule has 2 aromatic heterocycles. The second-order valence-electron chi connectivity index (χ2n) is 5.50. The molecule has 0 aliphatic rings. The molecule has 3 aromatic rings. The van der Waals surface area contributed by atoms with Crippen LogP contribution in [0.5, 0.6) is 5.75 Å². The van der Waals surface area contributed by atoms with E-state index in [1.807, 2.05) is 35.0 Å². The molecule has 25 heavy (non-hydrogen) atoms. The number of halogens is 2. The number of amides is 1. The first-order valence-corrected chi connectivity index (χ1v) is 7.83. The van der Waals surface area contributed by atoms with Gasteiger partial charge in [0.05, 0.1) is 12.1 Å². The number of carbonyl (C=O) groups excluding carboxylic acids is 1. The van der Waals surface area contributed by atoms with E-state index >= 15 is 0 Å². The average Bonchev–Trinajstić information content (AvgIpc) is 2.99. The molecule has 2 heterocycles. The van der Waals surface area contributed by atoms with Gasteiger partial charge in [-0.25, -0.2) is 4.98 Å². The number of nitrogens with zero attached hydrogens (tertiary/aromatic N) is 2. The number of benzene rings is 1. The van der Waals surface area contributed by atoms with Crippen LogP contribution in [-0.2, 0) is 17.6 Å². The number of ether oxygens (including phenoxy) is 1. The van der Waals surface area contributed by atoms with Gasteiger partial charge in [0, 0.05) is 25.4 Å².